The molecule has 0 saturated carbocycles. The van der Waals surface area contributed by atoms with E-state index in [2.05, 4.69) is 64.8 Å². The van der Waals surface area contributed by atoms with Crippen LogP contribution in [0.15, 0.2) is 0 Å². The SMILES string of the molecule is O=C(CCl)ON1C(=O)CCC1=O.[I][V]([I])[I]. The second-order valence-corrected chi connectivity index (χ2v) is 38.0. The summed E-state index contributed by atoms with van der Waals surface area (Å²) in [6.45, 7) is 0. The number of hydrogen-bond donors (Lipinski definition) is 0. The van der Waals surface area contributed by atoms with E-state index in [0.29, 0.717) is 5.06 Å². The van der Waals surface area contributed by atoms with Crippen molar-refractivity contribution in [2.75, 3.05) is 5.88 Å². The average molecular weight is 623 g/mol. The predicted molar refractivity (Wildman–Crippen MR) is 80.0 cm³/mol. The van der Waals surface area contributed by atoms with Gasteiger partial charge in [-0.05, 0) is 0 Å². The van der Waals surface area contributed by atoms with Crippen molar-refractivity contribution in [2.24, 2.45) is 0 Å². The molecule has 0 aliphatic carbocycles. The van der Waals surface area contributed by atoms with Crippen LogP contribution in [-0.4, -0.2) is 28.7 Å². The number of imide groups is 1. The fraction of sp³-hybridized carbons (Fsp3) is 0.500. The molecule has 92 valence electrons. The first-order valence-electron chi connectivity index (χ1n) is 3.78. The van der Waals surface area contributed by atoms with Crippen molar-refractivity contribution >= 4 is 89.3 Å². The molecule has 0 N–H and O–H groups in total. The summed E-state index contributed by atoms with van der Waals surface area (Å²) < 4.78 is 0. The topological polar surface area (TPSA) is 63.7 Å². The Kier molecular flexibility index (Phi) is 10.6. The number of nitrogens with zero attached hydrogens (tertiary/aromatic N) is 1. The van der Waals surface area contributed by atoms with Crippen molar-refractivity contribution in [3.05, 3.63) is 0 Å². The third kappa shape index (κ3) is 7.90. The predicted octanol–water partition coefficient (Wildman–Crippen LogP) is 2.49. The number of halogens is 4. The van der Waals surface area contributed by atoms with E-state index in [1.807, 2.05) is 0 Å². The molecule has 0 aromatic carbocycles. The summed E-state index contributed by atoms with van der Waals surface area (Å²) in [5.41, 5.74) is 0. The van der Waals surface area contributed by atoms with Crippen LogP contribution in [0.2, 0.25) is 0 Å². The monoisotopic (exact) mass is 623 g/mol. The summed E-state index contributed by atoms with van der Waals surface area (Å²) in [5.74, 6) is -2.19. The Hall–Kier alpha value is 1.67. The van der Waals surface area contributed by atoms with Crippen molar-refractivity contribution in [1.29, 1.82) is 0 Å². The molecule has 0 aromatic heterocycles. The van der Waals surface area contributed by atoms with Gasteiger partial charge in [-0.25, -0.2) is 4.79 Å². The second-order valence-electron chi connectivity index (χ2n) is 2.37. The Labute approximate surface area is 135 Å². The molecule has 0 atom stereocenters. The van der Waals surface area contributed by atoms with Gasteiger partial charge >= 0.3 is 70.8 Å². The van der Waals surface area contributed by atoms with Gasteiger partial charge in [0.25, 0.3) is 11.8 Å². The number of hydroxylamine groups is 2. The molecule has 2 amide bonds. The van der Waals surface area contributed by atoms with Gasteiger partial charge in [0.05, 0.1) is 0 Å². The molecule has 1 aliphatic rings. The molecular formula is C6H6ClI3NO4V. The number of carbonyl (C=O) groups excluding carboxylic acids is 3. The number of rotatable bonds is 2. The Bertz CT molecular complexity index is 272. The van der Waals surface area contributed by atoms with Gasteiger partial charge in [-0.2, -0.15) is 0 Å². The molecule has 0 unspecified atom stereocenters. The van der Waals surface area contributed by atoms with Crippen LogP contribution >= 0.6 is 71.5 Å². The molecule has 1 saturated heterocycles. The second kappa shape index (κ2) is 9.58. The number of amides is 2. The first-order valence-corrected chi connectivity index (χ1v) is 17.8. The molecule has 1 fully saturated rings. The van der Waals surface area contributed by atoms with Crippen molar-refractivity contribution < 1.29 is 24.1 Å². The van der Waals surface area contributed by atoms with Gasteiger partial charge in [-0.15, -0.1) is 16.7 Å². The van der Waals surface area contributed by atoms with Crippen LogP contribution < -0.4 is 0 Å². The van der Waals surface area contributed by atoms with Crippen LogP contribution in [0.25, 0.3) is 0 Å². The van der Waals surface area contributed by atoms with Crippen LogP contribution in [0, 0.1) is 0 Å². The molecule has 16 heavy (non-hydrogen) atoms. The molecule has 1 aliphatic heterocycles. The van der Waals surface area contributed by atoms with Crippen molar-refractivity contribution in [2.45, 2.75) is 12.8 Å². The van der Waals surface area contributed by atoms with Gasteiger partial charge < -0.3 is 4.84 Å². The zero-order valence-corrected chi connectivity index (χ0v) is 16.3. The summed E-state index contributed by atoms with van der Waals surface area (Å²) in [6.07, 6.45) is 0.183. The normalized spacial score (nSPS) is 14.9. The molecule has 5 nitrogen and oxygen atoms in total. The van der Waals surface area contributed by atoms with E-state index in [-0.39, 0.29) is 23.6 Å². The van der Waals surface area contributed by atoms with E-state index in [4.69, 9.17) is 11.6 Å². The molecular weight excluding hydrogens is 617 g/mol. The molecule has 0 radical (unpaired) electrons. The Balaban J connectivity index is 0.000000487. The molecule has 1 heterocycles. The molecule has 0 aromatic rings. The number of carbonyl (C=O) groups is 3. The van der Waals surface area contributed by atoms with Gasteiger partial charge in [0.2, 0.25) is 0 Å². The summed E-state index contributed by atoms with van der Waals surface area (Å²) in [6, 6.07) is 0. The zero-order chi connectivity index (χ0) is 12.7. The van der Waals surface area contributed by atoms with Gasteiger partial charge in [0, 0.05) is 12.8 Å². The van der Waals surface area contributed by atoms with Crippen LogP contribution in [0.5, 0.6) is 0 Å². The van der Waals surface area contributed by atoms with Crippen molar-refractivity contribution in [1.82, 2.24) is 5.06 Å². The van der Waals surface area contributed by atoms with E-state index in [1.54, 1.807) is 0 Å². The van der Waals surface area contributed by atoms with Gasteiger partial charge in [0.1, 0.15) is 5.88 Å². The third-order valence-corrected chi connectivity index (χ3v) is 1.53. The van der Waals surface area contributed by atoms with E-state index in [0.717, 1.165) is 0 Å². The van der Waals surface area contributed by atoms with E-state index in [9.17, 15) is 14.4 Å². The zero-order valence-electron chi connectivity index (χ0n) is 7.66. The maximum atomic E-state index is 10.8. The Morgan fingerprint density at radius 3 is 2.00 bits per heavy atom. The third-order valence-electron chi connectivity index (χ3n) is 1.31. The fourth-order valence-electron chi connectivity index (χ4n) is 0.784. The molecule has 10 heteroatoms. The standard InChI is InChI=1S/C6H6ClNO4.3HI.V/c7-3-6(11)12-8-4(9)1-2-5(8)10;;;;/h1-3H2;3*1H;/q;;;;+3/p-3. The van der Waals surface area contributed by atoms with Crippen molar-refractivity contribution in [3.8, 4) is 0 Å². The van der Waals surface area contributed by atoms with Gasteiger partial charge in [0.15, 0.2) is 0 Å². The van der Waals surface area contributed by atoms with Gasteiger partial charge in [-0.1, -0.05) is 0 Å². The fourth-order valence-corrected chi connectivity index (χ4v) is 0.833. The summed E-state index contributed by atoms with van der Waals surface area (Å²) in [7, 11) is 0. The van der Waals surface area contributed by atoms with E-state index in [1.165, 1.54) is 0 Å². The average Bonchev–Trinajstić information content (AvgIpc) is 2.48. The Morgan fingerprint density at radius 1 is 1.31 bits per heavy atom. The molecule has 1 rings (SSSR count). The van der Waals surface area contributed by atoms with Crippen LogP contribution in [0.1, 0.15) is 12.8 Å². The van der Waals surface area contributed by atoms with Crippen LogP contribution in [-0.2, 0) is 24.1 Å². The first-order chi connectivity index (χ1) is 7.38. The maximum absolute atomic E-state index is 10.8. The van der Waals surface area contributed by atoms with E-state index >= 15 is 0 Å². The van der Waals surface area contributed by atoms with Gasteiger partial charge in [-0.3, -0.25) is 9.59 Å². The summed E-state index contributed by atoms with van der Waals surface area (Å²) >= 11 is 12.5. The molecule has 0 bridgehead atoms. The first kappa shape index (κ1) is 17.7. The minimum atomic E-state index is -0.805. The molecule has 0 spiro atoms. The Morgan fingerprint density at radius 2 is 1.69 bits per heavy atom. The van der Waals surface area contributed by atoms with Crippen LogP contribution in [0.3, 0.4) is 0 Å². The number of hydrogen-bond acceptors (Lipinski definition) is 4. The number of alkyl halides is 1. The van der Waals surface area contributed by atoms with Crippen molar-refractivity contribution in [3.63, 3.8) is 0 Å². The summed E-state index contributed by atoms with van der Waals surface area (Å²) in [5, 5.41) is 0.463. The van der Waals surface area contributed by atoms with Crippen LogP contribution in [0.4, 0.5) is 0 Å². The van der Waals surface area contributed by atoms with E-state index < -0.39 is 17.8 Å². The minimum absolute atomic E-state index is 0.0917. The quantitative estimate of drug-likeness (QED) is 0.270. The summed E-state index contributed by atoms with van der Waals surface area (Å²) in [4.78, 5) is 36.3.